The fourth-order valence-electron chi connectivity index (χ4n) is 5.40. The number of allylic oxidation sites excluding steroid dienone is 16. The van der Waals surface area contributed by atoms with Crippen molar-refractivity contribution in [1.29, 1.82) is 0 Å². The van der Waals surface area contributed by atoms with Gasteiger partial charge in [-0.3, -0.25) is 9.59 Å². The van der Waals surface area contributed by atoms with Crippen LogP contribution in [0, 0.1) is 0 Å². The Morgan fingerprint density at radius 3 is 1.43 bits per heavy atom. The van der Waals surface area contributed by atoms with Crippen molar-refractivity contribution in [1.82, 2.24) is 0 Å². The molecule has 1 unspecified atom stereocenters. The van der Waals surface area contributed by atoms with Crippen LogP contribution in [0.25, 0.3) is 0 Å². The van der Waals surface area contributed by atoms with E-state index in [2.05, 4.69) is 112 Å². The van der Waals surface area contributed by atoms with E-state index in [-0.39, 0.29) is 25.2 Å². The highest BCUT2D eigenvalue weighted by atomic mass is 16.6. The Hall–Kier alpha value is -3.18. The van der Waals surface area contributed by atoms with Crippen LogP contribution in [-0.4, -0.2) is 37.9 Å². The molecule has 0 spiro atoms. The van der Waals surface area contributed by atoms with Crippen molar-refractivity contribution in [2.45, 2.75) is 181 Å². The zero-order chi connectivity index (χ0) is 39.3. The maximum absolute atomic E-state index is 12.7. The lowest BCUT2D eigenvalue weighted by Crippen LogP contribution is -2.30. The van der Waals surface area contributed by atoms with Crippen LogP contribution >= 0.6 is 0 Å². The van der Waals surface area contributed by atoms with Crippen LogP contribution in [0.2, 0.25) is 0 Å². The molecular weight excluding hydrogens is 669 g/mol. The summed E-state index contributed by atoms with van der Waals surface area (Å²) < 4.78 is 17.2. The molecule has 0 aromatic rings. The molecule has 0 bridgehead atoms. The number of carbonyl (C=O) groups is 2. The highest BCUT2D eigenvalue weighted by molar-refractivity contribution is 5.70. The molecule has 0 radical (unpaired) electrons. The molecule has 0 aliphatic heterocycles. The summed E-state index contributed by atoms with van der Waals surface area (Å²) in [6.07, 6.45) is 58.5. The Labute approximate surface area is 332 Å². The predicted molar refractivity (Wildman–Crippen MR) is 233 cm³/mol. The molecule has 0 amide bonds. The summed E-state index contributed by atoms with van der Waals surface area (Å²) in [4.78, 5) is 25.2. The second kappa shape index (κ2) is 44.2. The maximum atomic E-state index is 12.7. The van der Waals surface area contributed by atoms with Crippen LogP contribution in [0.3, 0.4) is 0 Å². The van der Waals surface area contributed by atoms with Crippen LogP contribution < -0.4 is 0 Å². The summed E-state index contributed by atoms with van der Waals surface area (Å²) in [7, 11) is 0. The van der Waals surface area contributed by atoms with E-state index in [9.17, 15) is 9.59 Å². The minimum Gasteiger partial charge on any atom is -0.462 e. The molecule has 0 fully saturated rings. The smallest absolute Gasteiger partial charge is 0.306 e. The average Bonchev–Trinajstić information content (AvgIpc) is 3.17. The van der Waals surface area contributed by atoms with Crippen molar-refractivity contribution in [3.8, 4) is 0 Å². The van der Waals surface area contributed by atoms with Gasteiger partial charge in [-0.05, 0) is 96.3 Å². The van der Waals surface area contributed by atoms with E-state index in [1.165, 1.54) is 51.4 Å². The lowest BCUT2D eigenvalue weighted by atomic mass is 10.1. The van der Waals surface area contributed by atoms with Crippen molar-refractivity contribution in [3.63, 3.8) is 0 Å². The summed E-state index contributed by atoms with van der Waals surface area (Å²) in [6, 6.07) is 0. The summed E-state index contributed by atoms with van der Waals surface area (Å²) >= 11 is 0. The van der Waals surface area contributed by atoms with Gasteiger partial charge >= 0.3 is 11.9 Å². The Bertz CT molecular complexity index is 1070. The third-order valence-electron chi connectivity index (χ3n) is 8.60. The minimum absolute atomic E-state index is 0.0276. The summed E-state index contributed by atoms with van der Waals surface area (Å²) in [5.41, 5.74) is 0. The normalized spacial score (nSPS) is 13.2. The summed E-state index contributed by atoms with van der Waals surface area (Å²) in [5, 5.41) is 0. The van der Waals surface area contributed by atoms with Gasteiger partial charge in [0.2, 0.25) is 0 Å². The second-order valence-electron chi connectivity index (χ2n) is 13.8. The topological polar surface area (TPSA) is 61.8 Å². The van der Waals surface area contributed by atoms with Crippen molar-refractivity contribution in [2.75, 3.05) is 19.8 Å². The number of carbonyl (C=O) groups excluding carboxylic acids is 2. The van der Waals surface area contributed by atoms with E-state index in [0.717, 1.165) is 83.5 Å². The number of hydrogen-bond donors (Lipinski definition) is 0. The summed E-state index contributed by atoms with van der Waals surface area (Å²) in [5.74, 6) is -0.538. The van der Waals surface area contributed by atoms with Crippen LogP contribution in [0.5, 0.6) is 0 Å². The van der Waals surface area contributed by atoms with Crippen LogP contribution in [0.1, 0.15) is 175 Å². The Balaban J connectivity index is 4.44. The van der Waals surface area contributed by atoms with Crippen molar-refractivity contribution in [2.24, 2.45) is 0 Å². The van der Waals surface area contributed by atoms with E-state index in [4.69, 9.17) is 14.2 Å². The summed E-state index contributed by atoms with van der Waals surface area (Å²) in [6.45, 7) is 7.41. The van der Waals surface area contributed by atoms with Gasteiger partial charge in [-0.15, -0.1) is 0 Å². The van der Waals surface area contributed by atoms with Gasteiger partial charge in [0.15, 0.2) is 6.10 Å². The molecule has 5 nitrogen and oxygen atoms in total. The first-order valence-corrected chi connectivity index (χ1v) is 21.8. The highest BCUT2D eigenvalue weighted by Gasteiger charge is 2.17. The fourth-order valence-corrected chi connectivity index (χ4v) is 5.40. The van der Waals surface area contributed by atoms with Crippen molar-refractivity contribution < 1.29 is 23.8 Å². The molecule has 0 heterocycles. The largest absolute Gasteiger partial charge is 0.462 e. The molecule has 0 aromatic heterocycles. The van der Waals surface area contributed by atoms with E-state index in [1.807, 2.05) is 6.08 Å². The standard InChI is InChI=1S/C49H80O5/c1-4-7-10-13-16-19-22-25-27-30-33-36-39-42-48(50)53-46-47(45-52-44-41-38-35-32-29-24-21-18-15-12-9-6-3)54-49(51)43-40-37-34-31-28-26-23-20-17-14-11-8-5-2/h7-8,10-11,15-20,25-28,33,36,47H,4-6,9,12-14,21-24,29-32,34-35,37-46H2,1-3H3/b10-7-,11-8-,18-15-,19-16-,20-17-,27-25-,28-26-,36-33-. The molecule has 306 valence electrons. The van der Waals surface area contributed by atoms with Gasteiger partial charge in [0.05, 0.1) is 6.61 Å². The number of esters is 2. The molecule has 1 atom stereocenters. The molecule has 0 rings (SSSR count). The van der Waals surface area contributed by atoms with Crippen molar-refractivity contribution >= 4 is 11.9 Å². The van der Waals surface area contributed by atoms with E-state index < -0.39 is 6.10 Å². The van der Waals surface area contributed by atoms with Gasteiger partial charge in [-0.1, -0.05) is 163 Å². The van der Waals surface area contributed by atoms with Crippen LogP contribution in [-0.2, 0) is 23.8 Å². The molecule has 0 aromatic carbocycles. The van der Waals surface area contributed by atoms with E-state index in [1.54, 1.807) is 0 Å². The fraction of sp³-hybridized carbons (Fsp3) is 0.633. The number of ether oxygens (including phenoxy) is 3. The third kappa shape index (κ3) is 41.6. The van der Waals surface area contributed by atoms with Gasteiger partial charge in [-0.2, -0.15) is 0 Å². The van der Waals surface area contributed by atoms with Crippen molar-refractivity contribution in [3.05, 3.63) is 97.2 Å². The first-order chi connectivity index (χ1) is 26.6. The van der Waals surface area contributed by atoms with Gasteiger partial charge in [-0.25, -0.2) is 0 Å². The number of unbranched alkanes of at least 4 members (excludes halogenated alkanes) is 11. The maximum Gasteiger partial charge on any atom is 0.306 e. The highest BCUT2D eigenvalue weighted by Crippen LogP contribution is 2.11. The first kappa shape index (κ1) is 50.8. The number of hydrogen-bond acceptors (Lipinski definition) is 5. The molecule has 0 saturated heterocycles. The molecule has 0 aliphatic rings. The molecule has 0 saturated carbocycles. The predicted octanol–water partition coefficient (Wildman–Crippen LogP) is 14.3. The first-order valence-electron chi connectivity index (χ1n) is 21.8. The van der Waals surface area contributed by atoms with Gasteiger partial charge in [0.25, 0.3) is 0 Å². The zero-order valence-corrected chi connectivity index (χ0v) is 34.9. The number of rotatable bonds is 38. The molecular formula is C49H80O5. The lowest BCUT2D eigenvalue weighted by Gasteiger charge is -2.18. The van der Waals surface area contributed by atoms with Gasteiger partial charge < -0.3 is 14.2 Å². The minimum atomic E-state index is -0.585. The zero-order valence-electron chi connectivity index (χ0n) is 34.9. The molecule has 54 heavy (non-hydrogen) atoms. The van der Waals surface area contributed by atoms with E-state index >= 15 is 0 Å². The Kier molecular flexibility index (Phi) is 41.6. The molecule has 5 heteroatoms. The molecule has 0 aliphatic carbocycles. The third-order valence-corrected chi connectivity index (χ3v) is 8.60. The Morgan fingerprint density at radius 1 is 0.426 bits per heavy atom. The van der Waals surface area contributed by atoms with Crippen LogP contribution in [0.15, 0.2) is 97.2 Å². The average molecular weight is 749 g/mol. The van der Waals surface area contributed by atoms with Crippen LogP contribution in [0.4, 0.5) is 0 Å². The molecule has 0 N–H and O–H groups in total. The Morgan fingerprint density at radius 2 is 0.870 bits per heavy atom. The van der Waals surface area contributed by atoms with E-state index in [0.29, 0.717) is 25.9 Å². The quantitative estimate of drug-likeness (QED) is 0.0357. The van der Waals surface area contributed by atoms with Gasteiger partial charge in [0.1, 0.15) is 6.61 Å². The van der Waals surface area contributed by atoms with Gasteiger partial charge in [0, 0.05) is 19.4 Å². The monoisotopic (exact) mass is 749 g/mol. The lowest BCUT2D eigenvalue weighted by molar-refractivity contribution is -0.162. The second-order valence-corrected chi connectivity index (χ2v) is 13.8. The SMILES string of the molecule is CC/C=C\C/C=C\C/C=C\C/C=C\CCC(=O)OCC(COCCCCCCCC/C=C\CCCC)OC(=O)CCCCC/C=C\C/C=C\C/C=C\CC.